The van der Waals surface area contributed by atoms with Gasteiger partial charge < -0.3 is 15.0 Å². The summed E-state index contributed by atoms with van der Waals surface area (Å²) in [5.41, 5.74) is 1.70. The van der Waals surface area contributed by atoms with Crippen molar-refractivity contribution in [2.45, 2.75) is 50.6 Å². The number of benzene rings is 2. The van der Waals surface area contributed by atoms with Crippen molar-refractivity contribution in [2.75, 3.05) is 30.4 Å². The zero-order valence-corrected chi connectivity index (χ0v) is 20.0. The Morgan fingerprint density at radius 1 is 1.14 bits per heavy atom. The van der Waals surface area contributed by atoms with E-state index in [-0.39, 0.29) is 34.3 Å². The molecule has 2 aromatic rings. The molecular formula is C25H27ClF3N3O3. The molecule has 1 heterocycles. The number of carbonyl (C=O) groups excluding carboxylic acids is 2. The van der Waals surface area contributed by atoms with Crippen LogP contribution >= 0.6 is 11.6 Å². The number of nitrogens with zero attached hydrogens (tertiary/aromatic N) is 2. The van der Waals surface area contributed by atoms with E-state index in [1.807, 2.05) is 31.3 Å². The molecule has 4 rings (SSSR count). The molecule has 1 atom stereocenters. The summed E-state index contributed by atoms with van der Waals surface area (Å²) < 4.78 is 43.9. The largest absolute Gasteiger partial charge is 0.471 e. The molecule has 2 aromatic carbocycles. The van der Waals surface area contributed by atoms with E-state index in [2.05, 4.69) is 4.90 Å². The molecule has 1 saturated carbocycles. The number of ether oxygens (including phenoxy) is 1. The number of anilines is 2. The predicted molar refractivity (Wildman–Crippen MR) is 128 cm³/mol. The Bertz CT molecular complexity index is 1090. The Morgan fingerprint density at radius 3 is 2.54 bits per heavy atom. The molecule has 35 heavy (non-hydrogen) atoms. The SMILES string of the molecule is CN1Cc2ccccc2N(C(=O)c2ccc(NC(=O)C(F)(F)F)cc2Cl)CC1COC1CCCC1. The normalized spacial score (nSPS) is 19.3. The van der Waals surface area contributed by atoms with Gasteiger partial charge in [0.25, 0.3) is 5.91 Å². The third-order valence-corrected chi connectivity index (χ3v) is 6.82. The monoisotopic (exact) mass is 509 g/mol. The topological polar surface area (TPSA) is 61.9 Å². The minimum absolute atomic E-state index is 0.0520. The summed E-state index contributed by atoms with van der Waals surface area (Å²) in [5.74, 6) is -2.49. The molecule has 6 nitrogen and oxygen atoms in total. The first-order chi connectivity index (χ1) is 16.6. The van der Waals surface area contributed by atoms with Crippen LogP contribution in [0.25, 0.3) is 0 Å². The predicted octanol–water partition coefficient (Wildman–Crippen LogP) is 5.26. The third kappa shape index (κ3) is 5.97. The Hall–Kier alpha value is -2.62. The van der Waals surface area contributed by atoms with Gasteiger partial charge in [-0.15, -0.1) is 0 Å². The van der Waals surface area contributed by atoms with E-state index < -0.39 is 12.1 Å². The number of fused-ring (bicyclic) bond motifs is 1. The van der Waals surface area contributed by atoms with Crippen LogP contribution in [0.5, 0.6) is 0 Å². The van der Waals surface area contributed by atoms with E-state index in [1.54, 1.807) is 10.2 Å². The standard InChI is InChI=1S/C25H27ClF3N3O3/c1-31-13-16-6-2-5-9-22(16)32(14-18(31)15-35-19-7-3-4-8-19)23(33)20-11-10-17(12-21(20)26)30-24(34)25(27,28)29/h2,5-6,9-12,18-19H,3-4,7-8,13-15H2,1H3,(H,30,34). The van der Waals surface area contributed by atoms with Crippen LogP contribution in [0.4, 0.5) is 24.5 Å². The van der Waals surface area contributed by atoms with Crippen LogP contribution in [-0.2, 0) is 16.1 Å². The van der Waals surface area contributed by atoms with Gasteiger partial charge in [-0.25, -0.2) is 0 Å². The number of hydrogen-bond donors (Lipinski definition) is 1. The fourth-order valence-corrected chi connectivity index (χ4v) is 4.80. The number of halogens is 4. The summed E-state index contributed by atoms with van der Waals surface area (Å²) in [7, 11) is 2.00. The molecule has 1 N–H and O–H groups in total. The molecule has 10 heteroatoms. The van der Waals surface area contributed by atoms with Gasteiger partial charge in [-0.2, -0.15) is 13.2 Å². The molecule has 0 bridgehead atoms. The Balaban J connectivity index is 1.58. The second-order valence-electron chi connectivity index (χ2n) is 9.00. The zero-order chi connectivity index (χ0) is 25.2. The summed E-state index contributed by atoms with van der Waals surface area (Å²) in [4.78, 5) is 28.7. The number of rotatable bonds is 5. The van der Waals surface area contributed by atoms with Crippen LogP contribution in [0.2, 0.25) is 5.02 Å². The molecule has 1 fully saturated rings. The molecule has 2 aliphatic rings. The smallest absolute Gasteiger partial charge is 0.377 e. The first-order valence-electron chi connectivity index (χ1n) is 11.5. The highest BCUT2D eigenvalue weighted by molar-refractivity contribution is 6.35. The minimum atomic E-state index is -5.03. The number of carbonyl (C=O) groups is 2. The number of amides is 2. The van der Waals surface area contributed by atoms with Crippen molar-refractivity contribution in [1.82, 2.24) is 4.90 Å². The highest BCUT2D eigenvalue weighted by Gasteiger charge is 2.39. The lowest BCUT2D eigenvalue weighted by Crippen LogP contribution is -2.45. The third-order valence-electron chi connectivity index (χ3n) is 6.51. The fourth-order valence-electron chi connectivity index (χ4n) is 4.54. The molecule has 0 aromatic heterocycles. The van der Waals surface area contributed by atoms with Crippen molar-refractivity contribution in [3.05, 3.63) is 58.6 Å². The van der Waals surface area contributed by atoms with Gasteiger partial charge in [-0.1, -0.05) is 42.6 Å². The lowest BCUT2D eigenvalue weighted by atomic mass is 10.1. The summed E-state index contributed by atoms with van der Waals surface area (Å²) >= 11 is 6.31. The first kappa shape index (κ1) is 25.5. The Labute approximate surface area is 207 Å². The van der Waals surface area contributed by atoms with Crippen LogP contribution in [0.15, 0.2) is 42.5 Å². The summed E-state index contributed by atoms with van der Waals surface area (Å²) in [6.45, 7) is 1.48. The van der Waals surface area contributed by atoms with Gasteiger partial charge in [-0.3, -0.25) is 14.5 Å². The van der Waals surface area contributed by atoms with Gasteiger partial charge in [0.05, 0.1) is 29.3 Å². The van der Waals surface area contributed by atoms with Crippen molar-refractivity contribution >= 4 is 34.8 Å². The first-order valence-corrected chi connectivity index (χ1v) is 11.9. The van der Waals surface area contributed by atoms with Gasteiger partial charge in [0, 0.05) is 24.5 Å². The van der Waals surface area contributed by atoms with Gasteiger partial charge >= 0.3 is 12.1 Å². The van der Waals surface area contributed by atoms with E-state index in [4.69, 9.17) is 16.3 Å². The molecule has 0 spiro atoms. The number of alkyl halides is 3. The lowest BCUT2D eigenvalue weighted by Gasteiger charge is -2.30. The molecule has 1 aliphatic heterocycles. The second kappa shape index (κ2) is 10.6. The van der Waals surface area contributed by atoms with Gasteiger partial charge in [-0.05, 0) is 49.7 Å². The lowest BCUT2D eigenvalue weighted by molar-refractivity contribution is -0.167. The summed E-state index contributed by atoms with van der Waals surface area (Å²) in [6, 6.07) is 11.3. The maximum Gasteiger partial charge on any atom is 0.471 e. The highest BCUT2D eigenvalue weighted by Crippen LogP contribution is 2.31. The average Bonchev–Trinajstić information content (AvgIpc) is 3.28. The van der Waals surface area contributed by atoms with E-state index in [0.717, 1.165) is 30.2 Å². The minimum Gasteiger partial charge on any atom is -0.377 e. The van der Waals surface area contributed by atoms with Gasteiger partial charge in [0.15, 0.2) is 0 Å². The molecule has 2 amide bonds. The van der Waals surface area contributed by atoms with Crippen LogP contribution in [0, 0.1) is 0 Å². The van der Waals surface area contributed by atoms with Crippen molar-refractivity contribution in [3.63, 3.8) is 0 Å². The average molecular weight is 510 g/mol. The maximum atomic E-state index is 13.7. The van der Waals surface area contributed by atoms with Gasteiger partial charge in [0.1, 0.15) is 0 Å². The van der Waals surface area contributed by atoms with Crippen molar-refractivity contribution in [1.29, 1.82) is 0 Å². The number of likely N-dealkylation sites (N-methyl/N-ethyl adjacent to an activating group) is 1. The van der Waals surface area contributed by atoms with E-state index in [1.165, 1.54) is 25.0 Å². The van der Waals surface area contributed by atoms with Crippen LogP contribution in [-0.4, -0.2) is 55.2 Å². The molecule has 1 aliphatic carbocycles. The van der Waals surface area contributed by atoms with Crippen LogP contribution in [0.1, 0.15) is 41.6 Å². The highest BCUT2D eigenvalue weighted by atomic mass is 35.5. The van der Waals surface area contributed by atoms with Crippen molar-refractivity contribution in [2.24, 2.45) is 0 Å². The number of hydrogen-bond acceptors (Lipinski definition) is 4. The van der Waals surface area contributed by atoms with Gasteiger partial charge in [0.2, 0.25) is 0 Å². The summed E-state index contributed by atoms with van der Waals surface area (Å²) in [6.07, 6.45) is -0.360. The van der Waals surface area contributed by atoms with E-state index in [0.29, 0.717) is 19.7 Å². The molecule has 0 saturated heterocycles. The number of para-hydroxylation sites is 1. The molecule has 188 valence electrons. The van der Waals surface area contributed by atoms with Crippen molar-refractivity contribution in [3.8, 4) is 0 Å². The van der Waals surface area contributed by atoms with E-state index in [9.17, 15) is 22.8 Å². The fraction of sp³-hybridized carbons (Fsp3) is 0.440. The number of nitrogens with one attached hydrogen (secondary N) is 1. The maximum absolute atomic E-state index is 13.7. The molecular weight excluding hydrogens is 483 g/mol. The quantitative estimate of drug-likeness (QED) is 0.597. The molecule has 1 unspecified atom stereocenters. The summed E-state index contributed by atoms with van der Waals surface area (Å²) in [5, 5.41) is 1.70. The van der Waals surface area contributed by atoms with Crippen LogP contribution in [0.3, 0.4) is 0 Å². The van der Waals surface area contributed by atoms with E-state index >= 15 is 0 Å². The van der Waals surface area contributed by atoms with Crippen molar-refractivity contribution < 1.29 is 27.5 Å². The Kier molecular flexibility index (Phi) is 7.68. The second-order valence-corrected chi connectivity index (χ2v) is 9.41. The molecule has 0 radical (unpaired) electrons. The Morgan fingerprint density at radius 2 is 1.86 bits per heavy atom. The van der Waals surface area contributed by atoms with Crippen LogP contribution < -0.4 is 10.2 Å². The zero-order valence-electron chi connectivity index (χ0n) is 19.3.